The van der Waals surface area contributed by atoms with Crippen LogP contribution in [0.2, 0.25) is 0 Å². The van der Waals surface area contributed by atoms with Gasteiger partial charge in [-0.15, -0.1) is 0 Å². The minimum Gasteiger partial charge on any atom is -0.493 e. The van der Waals surface area contributed by atoms with E-state index in [2.05, 4.69) is 5.32 Å². The number of methoxy groups -OCH3 is 3. The van der Waals surface area contributed by atoms with Crippen LogP contribution in [0.25, 0.3) is 0 Å². The van der Waals surface area contributed by atoms with Gasteiger partial charge in [-0.1, -0.05) is 19.3 Å². The number of carbonyl (C=O) groups excluding carboxylic acids is 1. The Labute approximate surface area is 143 Å². The molecule has 1 aliphatic carbocycles. The van der Waals surface area contributed by atoms with E-state index in [-0.39, 0.29) is 11.9 Å². The summed E-state index contributed by atoms with van der Waals surface area (Å²) in [5.74, 6) is 1.55. The van der Waals surface area contributed by atoms with Gasteiger partial charge < -0.3 is 25.3 Å². The van der Waals surface area contributed by atoms with Crippen molar-refractivity contribution < 1.29 is 19.0 Å². The fourth-order valence-corrected chi connectivity index (χ4v) is 3.43. The average Bonchev–Trinajstić information content (AvgIpc) is 2.64. The minimum atomic E-state index is -0.200. The van der Waals surface area contributed by atoms with Gasteiger partial charge in [-0.05, 0) is 30.9 Å². The first-order valence-electron chi connectivity index (χ1n) is 8.46. The van der Waals surface area contributed by atoms with Gasteiger partial charge >= 0.3 is 0 Å². The van der Waals surface area contributed by atoms with E-state index in [0.29, 0.717) is 35.3 Å². The topological polar surface area (TPSA) is 82.8 Å². The molecule has 1 saturated carbocycles. The van der Waals surface area contributed by atoms with Gasteiger partial charge in [0, 0.05) is 12.6 Å². The standard InChI is InChI=1S/C18H28N2O4/c1-22-15-10-9-13(16(23-2)17(15)24-3)18(21)20-14(11-19)12-7-5-4-6-8-12/h9-10,12,14H,4-8,11,19H2,1-3H3,(H,20,21). The highest BCUT2D eigenvalue weighted by Gasteiger charge is 2.27. The van der Waals surface area contributed by atoms with E-state index in [9.17, 15) is 4.79 Å². The number of rotatable bonds is 7. The summed E-state index contributed by atoms with van der Waals surface area (Å²) in [6, 6.07) is 3.37. The van der Waals surface area contributed by atoms with Crippen molar-refractivity contribution in [1.29, 1.82) is 0 Å². The third-order valence-corrected chi connectivity index (χ3v) is 4.74. The normalized spacial score (nSPS) is 16.3. The summed E-state index contributed by atoms with van der Waals surface area (Å²) in [4.78, 5) is 12.8. The zero-order valence-electron chi connectivity index (χ0n) is 14.8. The van der Waals surface area contributed by atoms with Crippen molar-refractivity contribution in [2.45, 2.75) is 38.1 Å². The molecule has 0 aromatic heterocycles. The Bertz CT molecular complexity index is 556. The van der Waals surface area contributed by atoms with Crippen LogP contribution >= 0.6 is 0 Å². The number of carbonyl (C=O) groups is 1. The summed E-state index contributed by atoms with van der Waals surface area (Å²) in [6.07, 6.45) is 5.91. The molecule has 0 radical (unpaired) electrons. The van der Waals surface area contributed by atoms with Crippen LogP contribution in [0.15, 0.2) is 12.1 Å². The van der Waals surface area contributed by atoms with Crippen molar-refractivity contribution in [3.8, 4) is 17.2 Å². The van der Waals surface area contributed by atoms with E-state index in [1.165, 1.54) is 33.5 Å². The molecule has 134 valence electrons. The molecule has 3 N–H and O–H groups in total. The van der Waals surface area contributed by atoms with Crippen LogP contribution < -0.4 is 25.3 Å². The third kappa shape index (κ3) is 3.93. The number of nitrogens with one attached hydrogen (secondary N) is 1. The molecule has 0 aliphatic heterocycles. The van der Waals surface area contributed by atoms with Gasteiger partial charge in [0.1, 0.15) is 0 Å². The van der Waals surface area contributed by atoms with Gasteiger partial charge in [-0.25, -0.2) is 0 Å². The maximum atomic E-state index is 12.8. The van der Waals surface area contributed by atoms with Crippen molar-refractivity contribution in [2.75, 3.05) is 27.9 Å². The smallest absolute Gasteiger partial charge is 0.255 e. The summed E-state index contributed by atoms with van der Waals surface area (Å²) in [5, 5.41) is 3.08. The molecule has 1 aromatic rings. The SMILES string of the molecule is COc1ccc(C(=O)NC(CN)C2CCCCC2)c(OC)c1OC. The Morgan fingerprint density at radius 1 is 1.12 bits per heavy atom. The second-order valence-electron chi connectivity index (χ2n) is 6.10. The van der Waals surface area contributed by atoms with E-state index in [4.69, 9.17) is 19.9 Å². The number of hydrogen-bond acceptors (Lipinski definition) is 5. The zero-order valence-corrected chi connectivity index (χ0v) is 14.8. The van der Waals surface area contributed by atoms with Crippen molar-refractivity contribution in [3.05, 3.63) is 17.7 Å². The second-order valence-corrected chi connectivity index (χ2v) is 6.10. The van der Waals surface area contributed by atoms with E-state index in [1.807, 2.05) is 0 Å². The summed E-state index contributed by atoms with van der Waals surface area (Å²) in [5.41, 5.74) is 6.33. The van der Waals surface area contributed by atoms with E-state index < -0.39 is 0 Å². The van der Waals surface area contributed by atoms with Crippen LogP contribution in [0.5, 0.6) is 17.2 Å². The Hall–Kier alpha value is -1.95. The average molecular weight is 336 g/mol. The lowest BCUT2D eigenvalue weighted by Crippen LogP contribution is -2.46. The largest absolute Gasteiger partial charge is 0.493 e. The van der Waals surface area contributed by atoms with Crippen molar-refractivity contribution in [1.82, 2.24) is 5.32 Å². The van der Waals surface area contributed by atoms with Crippen LogP contribution in [0.1, 0.15) is 42.5 Å². The lowest BCUT2D eigenvalue weighted by atomic mass is 9.84. The minimum absolute atomic E-state index is 0.0180. The molecule has 1 aliphatic rings. The number of benzene rings is 1. The van der Waals surface area contributed by atoms with E-state index >= 15 is 0 Å². The van der Waals surface area contributed by atoms with Crippen LogP contribution in [0.4, 0.5) is 0 Å². The molecule has 2 rings (SSSR count). The Morgan fingerprint density at radius 3 is 2.33 bits per heavy atom. The van der Waals surface area contributed by atoms with E-state index in [0.717, 1.165) is 12.8 Å². The van der Waals surface area contributed by atoms with Gasteiger partial charge in [-0.3, -0.25) is 4.79 Å². The predicted molar refractivity (Wildman–Crippen MR) is 93.0 cm³/mol. The number of ether oxygens (including phenoxy) is 3. The van der Waals surface area contributed by atoms with Crippen LogP contribution in [-0.4, -0.2) is 39.8 Å². The highest BCUT2D eigenvalue weighted by Crippen LogP contribution is 2.39. The molecular formula is C18H28N2O4. The molecule has 0 heterocycles. The maximum absolute atomic E-state index is 12.8. The Balaban J connectivity index is 2.21. The summed E-state index contributed by atoms with van der Waals surface area (Å²) < 4.78 is 16.0. The predicted octanol–water partition coefficient (Wildman–Crippen LogP) is 2.35. The lowest BCUT2D eigenvalue weighted by Gasteiger charge is -2.30. The first kappa shape index (κ1) is 18.4. The van der Waals surface area contributed by atoms with Crippen molar-refractivity contribution in [3.63, 3.8) is 0 Å². The molecule has 1 aromatic carbocycles. The molecule has 0 bridgehead atoms. The fraction of sp³-hybridized carbons (Fsp3) is 0.611. The molecular weight excluding hydrogens is 308 g/mol. The van der Waals surface area contributed by atoms with Crippen molar-refractivity contribution >= 4 is 5.91 Å². The van der Waals surface area contributed by atoms with Gasteiger partial charge in [0.25, 0.3) is 5.91 Å². The molecule has 6 heteroatoms. The number of amides is 1. The quantitative estimate of drug-likeness (QED) is 0.798. The van der Waals surface area contributed by atoms with Gasteiger partial charge in [-0.2, -0.15) is 0 Å². The molecule has 0 spiro atoms. The van der Waals surface area contributed by atoms with Gasteiger partial charge in [0.2, 0.25) is 5.75 Å². The molecule has 1 unspecified atom stereocenters. The second kappa shape index (κ2) is 8.78. The molecule has 0 saturated heterocycles. The molecule has 1 atom stereocenters. The Kier molecular flexibility index (Phi) is 6.73. The highest BCUT2D eigenvalue weighted by atomic mass is 16.5. The van der Waals surface area contributed by atoms with Crippen LogP contribution in [0, 0.1) is 5.92 Å². The van der Waals surface area contributed by atoms with Crippen molar-refractivity contribution in [2.24, 2.45) is 11.7 Å². The van der Waals surface area contributed by atoms with Crippen LogP contribution in [-0.2, 0) is 0 Å². The van der Waals surface area contributed by atoms with Gasteiger partial charge in [0.15, 0.2) is 11.5 Å². The molecule has 6 nitrogen and oxygen atoms in total. The number of nitrogens with two attached hydrogens (primary N) is 1. The lowest BCUT2D eigenvalue weighted by molar-refractivity contribution is 0.0911. The van der Waals surface area contributed by atoms with E-state index in [1.54, 1.807) is 19.2 Å². The maximum Gasteiger partial charge on any atom is 0.255 e. The Morgan fingerprint density at radius 2 is 1.79 bits per heavy atom. The fourth-order valence-electron chi connectivity index (χ4n) is 3.43. The molecule has 1 amide bonds. The summed E-state index contributed by atoms with van der Waals surface area (Å²) in [7, 11) is 4.58. The molecule has 24 heavy (non-hydrogen) atoms. The van der Waals surface area contributed by atoms with Crippen LogP contribution in [0.3, 0.4) is 0 Å². The highest BCUT2D eigenvalue weighted by molar-refractivity contribution is 5.98. The molecule has 1 fully saturated rings. The monoisotopic (exact) mass is 336 g/mol. The zero-order chi connectivity index (χ0) is 17.5. The van der Waals surface area contributed by atoms with Gasteiger partial charge in [0.05, 0.1) is 26.9 Å². The first-order valence-corrected chi connectivity index (χ1v) is 8.46. The number of hydrogen-bond donors (Lipinski definition) is 2. The summed E-state index contributed by atoms with van der Waals surface area (Å²) >= 11 is 0. The summed E-state index contributed by atoms with van der Waals surface area (Å²) in [6.45, 7) is 0.437. The first-order chi connectivity index (χ1) is 11.7. The third-order valence-electron chi connectivity index (χ3n) is 4.74.